The number of halogens is 1. The molecule has 3 rings (SSSR count). The summed E-state index contributed by atoms with van der Waals surface area (Å²) in [4.78, 5) is 16.1. The predicted octanol–water partition coefficient (Wildman–Crippen LogP) is 3.86. The highest BCUT2D eigenvalue weighted by atomic mass is 35.5. The van der Waals surface area contributed by atoms with Crippen molar-refractivity contribution in [2.75, 3.05) is 31.1 Å². The Kier molecular flexibility index (Phi) is 4.99. The number of Topliss-reactive ketones (excluding diaryl/α,β-unsaturated/α-hetero) is 1. The van der Waals surface area contributed by atoms with Gasteiger partial charge in [0.15, 0.2) is 5.78 Å². The van der Waals surface area contributed by atoms with Crippen molar-refractivity contribution >= 4 is 23.1 Å². The summed E-state index contributed by atoms with van der Waals surface area (Å²) in [6, 6.07) is 15.9. The van der Waals surface area contributed by atoms with E-state index in [4.69, 9.17) is 11.6 Å². The van der Waals surface area contributed by atoms with Crippen molar-refractivity contribution in [2.45, 2.75) is 13.5 Å². The first-order valence-electron chi connectivity index (χ1n) is 7.95. The van der Waals surface area contributed by atoms with E-state index in [0.29, 0.717) is 0 Å². The Hall–Kier alpha value is -1.84. The molecule has 23 heavy (non-hydrogen) atoms. The molecular weight excluding hydrogens is 308 g/mol. The summed E-state index contributed by atoms with van der Waals surface area (Å²) >= 11 is 6.24. The molecule has 2 aromatic rings. The second-order valence-electron chi connectivity index (χ2n) is 5.96. The van der Waals surface area contributed by atoms with Crippen LogP contribution >= 0.6 is 11.6 Å². The minimum atomic E-state index is 0.112. The molecule has 2 aromatic carbocycles. The van der Waals surface area contributed by atoms with Crippen LogP contribution in [0.2, 0.25) is 5.02 Å². The number of carbonyl (C=O) groups is 1. The molecule has 4 heteroatoms. The van der Waals surface area contributed by atoms with Gasteiger partial charge in [-0.15, -0.1) is 0 Å². The number of nitrogens with zero attached hydrogens (tertiary/aromatic N) is 2. The lowest BCUT2D eigenvalue weighted by Crippen LogP contribution is -2.46. The molecule has 0 atom stereocenters. The predicted molar refractivity (Wildman–Crippen MR) is 95.4 cm³/mol. The first-order chi connectivity index (χ1) is 11.1. The third-order valence-electron chi connectivity index (χ3n) is 4.36. The summed E-state index contributed by atoms with van der Waals surface area (Å²) < 4.78 is 0. The van der Waals surface area contributed by atoms with Crippen molar-refractivity contribution in [3.05, 3.63) is 64.7 Å². The van der Waals surface area contributed by atoms with Gasteiger partial charge in [-0.05, 0) is 42.8 Å². The Bertz CT molecular complexity index is 676. The summed E-state index contributed by atoms with van der Waals surface area (Å²) in [5.41, 5.74) is 3.15. The number of rotatable bonds is 4. The van der Waals surface area contributed by atoms with Crippen LogP contribution in [0.25, 0.3) is 0 Å². The summed E-state index contributed by atoms with van der Waals surface area (Å²) in [5, 5.41) is 0.842. The largest absolute Gasteiger partial charge is 0.369 e. The smallest absolute Gasteiger partial charge is 0.159 e. The maximum Gasteiger partial charge on any atom is 0.159 e. The van der Waals surface area contributed by atoms with Crippen LogP contribution in [0.15, 0.2) is 48.5 Å². The normalized spacial score (nSPS) is 15.7. The fourth-order valence-electron chi connectivity index (χ4n) is 2.94. The molecule has 1 fully saturated rings. The van der Waals surface area contributed by atoms with Crippen LogP contribution in [0, 0.1) is 0 Å². The average Bonchev–Trinajstić information content (AvgIpc) is 2.58. The molecule has 0 unspecified atom stereocenters. The molecular formula is C19H21ClN2O. The lowest BCUT2D eigenvalue weighted by atomic mass is 10.1. The van der Waals surface area contributed by atoms with Gasteiger partial charge >= 0.3 is 0 Å². The monoisotopic (exact) mass is 328 g/mol. The number of anilines is 1. The third kappa shape index (κ3) is 3.92. The molecule has 0 saturated carbocycles. The lowest BCUT2D eigenvalue weighted by molar-refractivity contribution is 0.101. The van der Waals surface area contributed by atoms with Crippen LogP contribution in [0.5, 0.6) is 0 Å². The first kappa shape index (κ1) is 16.0. The molecule has 0 amide bonds. The zero-order valence-electron chi connectivity index (χ0n) is 13.3. The van der Waals surface area contributed by atoms with Gasteiger partial charge in [-0.25, -0.2) is 0 Å². The van der Waals surface area contributed by atoms with E-state index in [-0.39, 0.29) is 5.78 Å². The van der Waals surface area contributed by atoms with E-state index in [1.807, 2.05) is 42.5 Å². The molecule has 0 spiro atoms. The first-order valence-corrected chi connectivity index (χ1v) is 8.33. The molecule has 0 N–H and O–H groups in total. The van der Waals surface area contributed by atoms with Gasteiger partial charge in [0.25, 0.3) is 0 Å². The Morgan fingerprint density at radius 1 is 1.00 bits per heavy atom. The van der Waals surface area contributed by atoms with Crippen LogP contribution in [0.1, 0.15) is 22.8 Å². The maximum absolute atomic E-state index is 11.3. The van der Waals surface area contributed by atoms with E-state index < -0.39 is 0 Å². The van der Waals surface area contributed by atoms with E-state index in [1.54, 1.807) is 6.92 Å². The zero-order valence-corrected chi connectivity index (χ0v) is 14.1. The van der Waals surface area contributed by atoms with Crippen LogP contribution < -0.4 is 4.90 Å². The summed E-state index contributed by atoms with van der Waals surface area (Å²) in [6.45, 7) is 6.51. The Balaban J connectivity index is 1.58. The second kappa shape index (κ2) is 7.16. The molecule has 3 nitrogen and oxygen atoms in total. The van der Waals surface area contributed by atoms with Crippen molar-refractivity contribution in [1.82, 2.24) is 4.90 Å². The number of piperazine rings is 1. The zero-order chi connectivity index (χ0) is 16.2. The number of ketones is 1. The van der Waals surface area contributed by atoms with Crippen LogP contribution in [0.4, 0.5) is 5.69 Å². The van der Waals surface area contributed by atoms with Crippen molar-refractivity contribution < 1.29 is 4.79 Å². The number of benzene rings is 2. The van der Waals surface area contributed by atoms with Crippen molar-refractivity contribution in [3.63, 3.8) is 0 Å². The molecule has 1 saturated heterocycles. The molecule has 1 aliphatic rings. The maximum atomic E-state index is 11.3. The molecule has 0 bridgehead atoms. The van der Waals surface area contributed by atoms with Crippen LogP contribution in [-0.2, 0) is 6.54 Å². The second-order valence-corrected chi connectivity index (χ2v) is 6.36. The van der Waals surface area contributed by atoms with Gasteiger partial charge in [-0.1, -0.05) is 29.8 Å². The molecule has 0 radical (unpaired) electrons. The fourth-order valence-corrected chi connectivity index (χ4v) is 3.13. The number of carbonyl (C=O) groups excluding carboxylic acids is 1. The highest BCUT2D eigenvalue weighted by Crippen LogP contribution is 2.21. The highest BCUT2D eigenvalue weighted by molar-refractivity contribution is 6.31. The van der Waals surface area contributed by atoms with Gasteiger partial charge in [0, 0.05) is 49.0 Å². The fraction of sp³-hybridized carbons (Fsp3) is 0.316. The topological polar surface area (TPSA) is 23.6 Å². The number of hydrogen-bond acceptors (Lipinski definition) is 3. The Morgan fingerprint density at radius 3 is 2.26 bits per heavy atom. The quantitative estimate of drug-likeness (QED) is 0.796. The van der Waals surface area contributed by atoms with Gasteiger partial charge in [-0.3, -0.25) is 9.69 Å². The molecule has 1 heterocycles. The van der Waals surface area contributed by atoms with Gasteiger partial charge < -0.3 is 4.90 Å². The average molecular weight is 329 g/mol. The highest BCUT2D eigenvalue weighted by Gasteiger charge is 2.18. The van der Waals surface area contributed by atoms with Gasteiger partial charge in [-0.2, -0.15) is 0 Å². The summed E-state index contributed by atoms with van der Waals surface area (Å²) in [5.74, 6) is 0.112. The molecule has 0 aromatic heterocycles. The van der Waals surface area contributed by atoms with Crippen LogP contribution in [0.3, 0.4) is 0 Å². The SMILES string of the molecule is CC(=O)c1ccc(N2CCN(Cc3ccccc3Cl)CC2)cc1. The Morgan fingerprint density at radius 2 is 1.65 bits per heavy atom. The molecule has 1 aliphatic heterocycles. The minimum absolute atomic E-state index is 0.112. The van der Waals surface area contributed by atoms with Crippen molar-refractivity contribution in [3.8, 4) is 0 Å². The summed E-state index contributed by atoms with van der Waals surface area (Å²) in [6.07, 6.45) is 0. The molecule has 0 aliphatic carbocycles. The van der Waals surface area contributed by atoms with E-state index >= 15 is 0 Å². The Labute approximate surface area is 142 Å². The lowest BCUT2D eigenvalue weighted by Gasteiger charge is -2.36. The van der Waals surface area contributed by atoms with Crippen molar-refractivity contribution in [1.29, 1.82) is 0 Å². The van der Waals surface area contributed by atoms with Gasteiger partial charge in [0.05, 0.1) is 0 Å². The van der Waals surface area contributed by atoms with E-state index in [1.165, 1.54) is 11.3 Å². The van der Waals surface area contributed by atoms with E-state index in [9.17, 15) is 4.79 Å². The number of hydrogen-bond donors (Lipinski definition) is 0. The standard InChI is InChI=1S/C19H21ClN2O/c1-15(23)16-6-8-18(9-7-16)22-12-10-21(11-13-22)14-17-4-2-3-5-19(17)20/h2-9H,10-14H2,1H3. The minimum Gasteiger partial charge on any atom is -0.369 e. The van der Waals surface area contributed by atoms with Gasteiger partial charge in [0.2, 0.25) is 0 Å². The van der Waals surface area contributed by atoms with Crippen molar-refractivity contribution in [2.24, 2.45) is 0 Å². The van der Waals surface area contributed by atoms with Gasteiger partial charge in [0.1, 0.15) is 0 Å². The van der Waals surface area contributed by atoms with E-state index in [0.717, 1.165) is 43.3 Å². The molecule has 120 valence electrons. The van der Waals surface area contributed by atoms with E-state index in [2.05, 4.69) is 15.9 Å². The van der Waals surface area contributed by atoms with Crippen LogP contribution in [-0.4, -0.2) is 36.9 Å². The summed E-state index contributed by atoms with van der Waals surface area (Å²) in [7, 11) is 0. The third-order valence-corrected chi connectivity index (χ3v) is 4.73.